The van der Waals surface area contributed by atoms with Gasteiger partial charge in [-0.1, -0.05) is 49.3 Å². The maximum Gasteiger partial charge on any atom is 0.259 e. The van der Waals surface area contributed by atoms with Gasteiger partial charge >= 0.3 is 0 Å². The number of nitrogens with two attached hydrogens (primary N) is 1. The van der Waals surface area contributed by atoms with Crippen molar-refractivity contribution in [1.29, 1.82) is 0 Å². The molecule has 2 rings (SSSR count). The predicted molar refractivity (Wildman–Crippen MR) is 91.1 cm³/mol. The number of aromatic nitrogens is 1. The van der Waals surface area contributed by atoms with Crippen LogP contribution in [0.1, 0.15) is 36.4 Å². The van der Waals surface area contributed by atoms with E-state index >= 15 is 0 Å². The van der Waals surface area contributed by atoms with Gasteiger partial charge in [-0.15, -0.1) is 0 Å². The fourth-order valence-electron chi connectivity index (χ4n) is 2.39. The molecule has 5 nitrogen and oxygen atoms in total. The van der Waals surface area contributed by atoms with E-state index < -0.39 is 0 Å². The van der Waals surface area contributed by atoms with Crippen LogP contribution in [0.25, 0.3) is 11.3 Å². The van der Waals surface area contributed by atoms with E-state index in [1.165, 1.54) is 0 Å². The summed E-state index contributed by atoms with van der Waals surface area (Å²) in [6.07, 6.45) is 0.769. The Hall–Kier alpha value is -2.14. The van der Waals surface area contributed by atoms with Crippen LogP contribution in [0, 0.1) is 12.8 Å². The Morgan fingerprint density at radius 1 is 1.30 bits per heavy atom. The van der Waals surface area contributed by atoms with Gasteiger partial charge in [-0.05, 0) is 19.3 Å². The average molecular weight is 315 g/mol. The van der Waals surface area contributed by atoms with Crippen LogP contribution < -0.4 is 5.73 Å². The first-order valence-corrected chi connectivity index (χ1v) is 7.94. The van der Waals surface area contributed by atoms with Gasteiger partial charge in [0.25, 0.3) is 5.91 Å². The van der Waals surface area contributed by atoms with Gasteiger partial charge in [-0.3, -0.25) is 4.79 Å². The topological polar surface area (TPSA) is 72.4 Å². The Bertz CT molecular complexity index is 650. The highest BCUT2D eigenvalue weighted by molar-refractivity contribution is 6.00. The molecule has 124 valence electrons. The number of aryl methyl sites for hydroxylation is 1. The second-order valence-corrected chi connectivity index (χ2v) is 6.25. The number of nitrogens with zero attached hydrogens (tertiary/aromatic N) is 2. The molecule has 0 aliphatic rings. The largest absolute Gasteiger partial charge is 0.360 e. The molecule has 23 heavy (non-hydrogen) atoms. The smallest absolute Gasteiger partial charge is 0.259 e. The van der Waals surface area contributed by atoms with Crippen molar-refractivity contribution in [2.24, 2.45) is 11.7 Å². The van der Waals surface area contributed by atoms with Crippen molar-refractivity contribution >= 4 is 5.91 Å². The van der Waals surface area contributed by atoms with E-state index in [1.54, 1.807) is 18.9 Å². The van der Waals surface area contributed by atoms with Gasteiger partial charge in [0, 0.05) is 25.2 Å². The van der Waals surface area contributed by atoms with Crippen LogP contribution in [-0.4, -0.2) is 35.6 Å². The van der Waals surface area contributed by atoms with Gasteiger partial charge < -0.3 is 15.2 Å². The Morgan fingerprint density at radius 3 is 2.57 bits per heavy atom. The van der Waals surface area contributed by atoms with E-state index in [0.29, 0.717) is 29.5 Å². The van der Waals surface area contributed by atoms with Gasteiger partial charge in [0.15, 0.2) is 0 Å². The monoisotopic (exact) mass is 315 g/mol. The standard InChI is InChI=1S/C18H25N3O2/c1-12(2)15(19)10-11-21(4)18(22)16-13(3)23-20-17(16)14-8-6-5-7-9-14/h5-9,12,15H,10-11,19H2,1-4H3. The summed E-state index contributed by atoms with van der Waals surface area (Å²) in [6.45, 7) is 6.55. The van der Waals surface area contributed by atoms with E-state index in [4.69, 9.17) is 10.3 Å². The summed E-state index contributed by atoms with van der Waals surface area (Å²) in [5, 5.41) is 4.07. The highest BCUT2D eigenvalue weighted by atomic mass is 16.5. The van der Waals surface area contributed by atoms with E-state index in [2.05, 4.69) is 19.0 Å². The second-order valence-electron chi connectivity index (χ2n) is 6.25. The van der Waals surface area contributed by atoms with Crippen molar-refractivity contribution in [2.45, 2.75) is 33.2 Å². The van der Waals surface area contributed by atoms with E-state index in [0.717, 1.165) is 12.0 Å². The summed E-state index contributed by atoms with van der Waals surface area (Å²) < 4.78 is 5.26. The zero-order valence-corrected chi connectivity index (χ0v) is 14.2. The molecule has 1 aromatic carbocycles. The van der Waals surface area contributed by atoms with Crippen molar-refractivity contribution in [3.63, 3.8) is 0 Å². The highest BCUT2D eigenvalue weighted by Gasteiger charge is 2.24. The molecule has 1 unspecified atom stereocenters. The molecule has 1 amide bonds. The number of hydrogen-bond acceptors (Lipinski definition) is 4. The molecule has 0 saturated heterocycles. The second kappa shape index (κ2) is 7.42. The number of carbonyl (C=O) groups excluding carboxylic acids is 1. The van der Waals surface area contributed by atoms with Crippen molar-refractivity contribution in [3.8, 4) is 11.3 Å². The lowest BCUT2D eigenvalue weighted by Crippen LogP contribution is -2.34. The summed E-state index contributed by atoms with van der Waals surface area (Å²) in [5.74, 6) is 0.850. The molecule has 1 heterocycles. The van der Waals surface area contributed by atoms with Gasteiger partial charge in [0.05, 0.1) is 0 Å². The van der Waals surface area contributed by atoms with Crippen LogP contribution in [0.15, 0.2) is 34.9 Å². The van der Waals surface area contributed by atoms with Crippen LogP contribution in [0.5, 0.6) is 0 Å². The minimum absolute atomic E-state index is 0.0847. The van der Waals surface area contributed by atoms with Crippen LogP contribution in [0.4, 0.5) is 0 Å². The Labute approximate surface area is 137 Å². The third kappa shape index (κ3) is 3.99. The average Bonchev–Trinajstić information content (AvgIpc) is 2.93. The van der Waals surface area contributed by atoms with E-state index in [9.17, 15) is 4.79 Å². The predicted octanol–water partition coefficient (Wildman–Crippen LogP) is 3.10. The number of benzene rings is 1. The lowest BCUT2D eigenvalue weighted by molar-refractivity contribution is 0.0788. The molecule has 1 atom stereocenters. The number of amides is 1. The molecule has 1 aromatic heterocycles. The molecule has 0 aliphatic heterocycles. The maximum atomic E-state index is 12.8. The molecule has 5 heteroatoms. The summed E-state index contributed by atoms with van der Waals surface area (Å²) in [7, 11) is 1.79. The highest BCUT2D eigenvalue weighted by Crippen LogP contribution is 2.26. The SMILES string of the molecule is Cc1onc(-c2ccccc2)c1C(=O)N(C)CCC(N)C(C)C. The molecule has 0 spiro atoms. The first-order valence-electron chi connectivity index (χ1n) is 7.94. The number of rotatable bonds is 6. The minimum atomic E-state index is -0.0847. The van der Waals surface area contributed by atoms with Gasteiger partial charge in [0.2, 0.25) is 0 Å². The quantitative estimate of drug-likeness (QED) is 0.889. The molecule has 0 bridgehead atoms. The maximum absolute atomic E-state index is 12.8. The first-order chi connectivity index (χ1) is 10.9. The summed E-state index contributed by atoms with van der Waals surface area (Å²) in [6, 6.07) is 9.68. The van der Waals surface area contributed by atoms with Crippen molar-refractivity contribution in [1.82, 2.24) is 10.1 Å². The van der Waals surface area contributed by atoms with Crippen LogP contribution >= 0.6 is 0 Å². The van der Waals surface area contributed by atoms with Gasteiger partial charge in [-0.2, -0.15) is 0 Å². The fourth-order valence-corrected chi connectivity index (χ4v) is 2.39. The van der Waals surface area contributed by atoms with Crippen LogP contribution in [0.3, 0.4) is 0 Å². The first kappa shape index (κ1) is 17.2. The van der Waals surface area contributed by atoms with E-state index in [1.807, 2.05) is 30.3 Å². The van der Waals surface area contributed by atoms with Crippen molar-refractivity contribution < 1.29 is 9.32 Å². The Morgan fingerprint density at radius 2 is 1.96 bits per heavy atom. The van der Waals surface area contributed by atoms with Gasteiger partial charge in [-0.25, -0.2) is 0 Å². The van der Waals surface area contributed by atoms with Crippen LogP contribution in [0.2, 0.25) is 0 Å². The summed E-state index contributed by atoms with van der Waals surface area (Å²) in [5.41, 5.74) is 8.06. The van der Waals surface area contributed by atoms with Crippen LogP contribution in [-0.2, 0) is 0 Å². The zero-order valence-electron chi connectivity index (χ0n) is 14.2. The zero-order chi connectivity index (χ0) is 17.0. The molecule has 2 aromatic rings. The minimum Gasteiger partial charge on any atom is -0.360 e. The summed E-state index contributed by atoms with van der Waals surface area (Å²) in [4.78, 5) is 14.5. The number of hydrogen-bond donors (Lipinski definition) is 1. The molecule has 0 saturated carbocycles. The van der Waals surface area contributed by atoms with Crippen molar-refractivity contribution in [2.75, 3.05) is 13.6 Å². The number of carbonyl (C=O) groups is 1. The molecule has 0 radical (unpaired) electrons. The molecule has 0 fully saturated rings. The Balaban J connectivity index is 2.18. The lowest BCUT2D eigenvalue weighted by atomic mass is 10.0. The third-order valence-corrected chi connectivity index (χ3v) is 4.12. The van der Waals surface area contributed by atoms with E-state index in [-0.39, 0.29) is 11.9 Å². The van der Waals surface area contributed by atoms with Crippen molar-refractivity contribution in [3.05, 3.63) is 41.7 Å². The Kier molecular flexibility index (Phi) is 5.55. The summed E-state index contributed by atoms with van der Waals surface area (Å²) >= 11 is 0. The normalized spacial score (nSPS) is 12.4. The fraction of sp³-hybridized carbons (Fsp3) is 0.444. The molecule has 0 aliphatic carbocycles. The molecular weight excluding hydrogens is 290 g/mol. The van der Waals surface area contributed by atoms with Gasteiger partial charge in [0.1, 0.15) is 17.0 Å². The molecule has 2 N–H and O–H groups in total. The lowest BCUT2D eigenvalue weighted by Gasteiger charge is -2.21. The molecular formula is C18H25N3O2. The third-order valence-electron chi connectivity index (χ3n) is 4.12.